The predicted molar refractivity (Wildman–Crippen MR) is 74.1 cm³/mol. The largest absolute Gasteiger partial charge is 0.339 e. The molecule has 3 nitrogen and oxygen atoms in total. The van der Waals surface area contributed by atoms with Crippen LogP contribution in [-0.4, -0.2) is 29.9 Å². The Morgan fingerprint density at radius 3 is 2.83 bits per heavy atom. The van der Waals surface area contributed by atoms with Crippen LogP contribution in [-0.2, 0) is 4.79 Å². The quantitative estimate of drug-likeness (QED) is 0.835. The van der Waals surface area contributed by atoms with E-state index in [9.17, 15) is 4.79 Å². The van der Waals surface area contributed by atoms with Crippen molar-refractivity contribution >= 4 is 5.91 Å². The highest BCUT2D eigenvalue weighted by atomic mass is 16.2. The summed E-state index contributed by atoms with van der Waals surface area (Å²) < 4.78 is 0. The lowest BCUT2D eigenvalue weighted by Gasteiger charge is -2.33. The molecule has 0 spiro atoms. The summed E-state index contributed by atoms with van der Waals surface area (Å²) in [6.07, 6.45) is 9.30. The van der Waals surface area contributed by atoms with Gasteiger partial charge in [-0.25, -0.2) is 0 Å². The first-order valence-corrected chi connectivity index (χ1v) is 7.76. The fraction of sp³-hybridized carbons (Fsp3) is 0.933. The number of carbonyl (C=O) groups is 1. The van der Waals surface area contributed by atoms with Gasteiger partial charge in [0.15, 0.2) is 0 Å². The number of nitrogens with two attached hydrogens (primary N) is 1. The van der Waals surface area contributed by atoms with Crippen molar-refractivity contribution in [3.8, 4) is 0 Å². The molecule has 104 valence electrons. The molecule has 0 aromatic heterocycles. The molecule has 0 aromatic rings. The number of hydrogen-bond donors (Lipinski definition) is 1. The van der Waals surface area contributed by atoms with Gasteiger partial charge in [0.2, 0.25) is 5.91 Å². The third kappa shape index (κ3) is 3.05. The molecule has 1 saturated carbocycles. The van der Waals surface area contributed by atoms with Crippen LogP contribution in [0.15, 0.2) is 0 Å². The van der Waals surface area contributed by atoms with Gasteiger partial charge in [-0.15, -0.1) is 0 Å². The fourth-order valence-electron chi connectivity index (χ4n) is 3.80. The first-order chi connectivity index (χ1) is 8.76. The third-order valence-corrected chi connectivity index (χ3v) is 4.84. The second-order valence-electron chi connectivity index (χ2n) is 6.04. The second-order valence-corrected chi connectivity index (χ2v) is 6.04. The molecular weight excluding hydrogens is 224 g/mol. The van der Waals surface area contributed by atoms with Crippen molar-refractivity contribution in [2.45, 2.75) is 64.3 Å². The minimum absolute atomic E-state index is 0.294. The Morgan fingerprint density at radius 1 is 1.28 bits per heavy atom. The zero-order chi connectivity index (χ0) is 13.0. The van der Waals surface area contributed by atoms with Crippen LogP contribution in [0.3, 0.4) is 0 Å². The van der Waals surface area contributed by atoms with E-state index in [-0.39, 0.29) is 0 Å². The number of nitrogens with zero attached hydrogens (tertiary/aromatic N) is 1. The van der Waals surface area contributed by atoms with Crippen LogP contribution in [0.2, 0.25) is 0 Å². The van der Waals surface area contributed by atoms with Crippen molar-refractivity contribution in [3.63, 3.8) is 0 Å². The Balaban J connectivity index is 1.91. The molecule has 2 rings (SSSR count). The highest BCUT2D eigenvalue weighted by molar-refractivity contribution is 5.79. The van der Waals surface area contributed by atoms with E-state index in [1.54, 1.807) is 0 Å². The zero-order valence-corrected chi connectivity index (χ0v) is 11.7. The van der Waals surface area contributed by atoms with Gasteiger partial charge < -0.3 is 10.6 Å². The molecule has 18 heavy (non-hydrogen) atoms. The van der Waals surface area contributed by atoms with Crippen LogP contribution in [0, 0.1) is 11.8 Å². The van der Waals surface area contributed by atoms with Crippen molar-refractivity contribution in [3.05, 3.63) is 0 Å². The van der Waals surface area contributed by atoms with Gasteiger partial charge in [-0.05, 0) is 51.0 Å². The van der Waals surface area contributed by atoms with Crippen molar-refractivity contribution in [2.75, 3.05) is 13.1 Å². The Labute approximate surface area is 111 Å². The van der Waals surface area contributed by atoms with Crippen molar-refractivity contribution in [1.82, 2.24) is 4.90 Å². The normalized spacial score (nSPS) is 32.8. The average molecular weight is 252 g/mol. The van der Waals surface area contributed by atoms with Crippen LogP contribution in [0.5, 0.6) is 0 Å². The van der Waals surface area contributed by atoms with E-state index < -0.39 is 0 Å². The smallest absolute Gasteiger partial charge is 0.225 e. The molecule has 3 atom stereocenters. The molecule has 1 amide bonds. The molecule has 1 heterocycles. The maximum atomic E-state index is 12.6. The molecule has 3 unspecified atom stereocenters. The second kappa shape index (κ2) is 6.55. The van der Waals surface area contributed by atoms with Gasteiger partial charge in [0.25, 0.3) is 0 Å². The zero-order valence-electron chi connectivity index (χ0n) is 11.7. The van der Waals surface area contributed by atoms with Gasteiger partial charge >= 0.3 is 0 Å². The predicted octanol–water partition coefficient (Wildman–Crippen LogP) is 2.54. The third-order valence-electron chi connectivity index (χ3n) is 4.84. The Bertz CT molecular complexity index is 278. The molecule has 1 saturated heterocycles. The van der Waals surface area contributed by atoms with Gasteiger partial charge in [-0.3, -0.25) is 4.79 Å². The summed E-state index contributed by atoms with van der Waals surface area (Å²) in [6, 6.07) is 0.521. The molecule has 3 heteroatoms. The summed E-state index contributed by atoms with van der Waals surface area (Å²) >= 11 is 0. The van der Waals surface area contributed by atoms with Crippen molar-refractivity contribution in [1.29, 1.82) is 0 Å². The maximum absolute atomic E-state index is 12.6. The minimum atomic E-state index is 0.294. The summed E-state index contributed by atoms with van der Waals surface area (Å²) in [4.78, 5) is 14.8. The van der Waals surface area contributed by atoms with Crippen LogP contribution < -0.4 is 5.73 Å². The molecule has 0 bridgehead atoms. The highest BCUT2D eigenvalue weighted by Gasteiger charge is 2.34. The van der Waals surface area contributed by atoms with Gasteiger partial charge in [0, 0.05) is 18.5 Å². The first-order valence-electron chi connectivity index (χ1n) is 7.76. The minimum Gasteiger partial charge on any atom is -0.339 e. The van der Waals surface area contributed by atoms with E-state index in [0.29, 0.717) is 23.8 Å². The van der Waals surface area contributed by atoms with Crippen LogP contribution in [0.25, 0.3) is 0 Å². The Hall–Kier alpha value is -0.570. The fourth-order valence-corrected chi connectivity index (χ4v) is 3.80. The monoisotopic (exact) mass is 252 g/mol. The molecule has 0 radical (unpaired) electrons. The van der Waals surface area contributed by atoms with E-state index in [1.165, 1.54) is 25.7 Å². The van der Waals surface area contributed by atoms with E-state index in [1.807, 2.05) is 0 Å². The summed E-state index contributed by atoms with van der Waals surface area (Å²) in [7, 11) is 0. The number of likely N-dealkylation sites (tertiary alicyclic amines) is 1. The molecular formula is C15H28N2O. The van der Waals surface area contributed by atoms with Crippen LogP contribution in [0.1, 0.15) is 58.3 Å². The topological polar surface area (TPSA) is 46.3 Å². The lowest BCUT2D eigenvalue weighted by molar-refractivity contribution is -0.138. The summed E-state index contributed by atoms with van der Waals surface area (Å²) in [6.45, 7) is 3.97. The van der Waals surface area contributed by atoms with Gasteiger partial charge in [0.1, 0.15) is 0 Å². The molecule has 1 aliphatic heterocycles. The number of carbonyl (C=O) groups excluding carboxylic acids is 1. The lowest BCUT2D eigenvalue weighted by Crippen LogP contribution is -2.41. The van der Waals surface area contributed by atoms with E-state index in [0.717, 1.165) is 38.8 Å². The van der Waals surface area contributed by atoms with Gasteiger partial charge in [-0.1, -0.05) is 19.8 Å². The Morgan fingerprint density at radius 2 is 2.11 bits per heavy atom. The maximum Gasteiger partial charge on any atom is 0.225 e. The van der Waals surface area contributed by atoms with E-state index >= 15 is 0 Å². The first kappa shape index (κ1) is 13.9. The van der Waals surface area contributed by atoms with E-state index in [2.05, 4.69) is 11.8 Å². The number of rotatable bonds is 4. The number of hydrogen-bond acceptors (Lipinski definition) is 2. The number of amides is 1. The molecule has 2 aliphatic rings. The summed E-state index contributed by atoms with van der Waals surface area (Å²) in [5, 5.41) is 0. The average Bonchev–Trinajstić information content (AvgIpc) is 2.87. The van der Waals surface area contributed by atoms with Gasteiger partial charge in [0.05, 0.1) is 0 Å². The molecule has 0 aromatic carbocycles. The summed E-state index contributed by atoms with van der Waals surface area (Å²) in [5.41, 5.74) is 5.65. The van der Waals surface area contributed by atoms with Crippen molar-refractivity contribution in [2.24, 2.45) is 17.6 Å². The SMILES string of the molecule is CCC1CCCN1C(=O)C1CCCC(CCN)C1. The molecule has 1 aliphatic carbocycles. The van der Waals surface area contributed by atoms with E-state index in [4.69, 9.17) is 5.73 Å². The summed E-state index contributed by atoms with van der Waals surface area (Å²) in [5.74, 6) is 1.43. The Kier molecular flexibility index (Phi) is 5.04. The standard InChI is InChI=1S/C15H28N2O/c1-2-14-7-4-10-17(14)15(18)13-6-3-5-12(11-13)8-9-16/h12-14H,2-11,16H2,1H3. The van der Waals surface area contributed by atoms with Crippen molar-refractivity contribution < 1.29 is 4.79 Å². The highest BCUT2D eigenvalue weighted by Crippen LogP contribution is 2.33. The van der Waals surface area contributed by atoms with Gasteiger partial charge in [-0.2, -0.15) is 0 Å². The molecule has 2 fully saturated rings. The van der Waals surface area contributed by atoms with Crippen LogP contribution in [0.4, 0.5) is 0 Å². The molecule has 2 N–H and O–H groups in total. The lowest BCUT2D eigenvalue weighted by atomic mass is 9.79. The van der Waals surface area contributed by atoms with Crippen LogP contribution >= 0.6 is 0 Å².